The summed E-state index contributed by atoms with van der Waals surface area (Å²) in [5.74, 6) is -2.80. The van der Waals surface area contributed by atoms with Gasteiger partial charge in [0.25, 0.3) is 0 Å². The quantitative estimate of drug-likeness (QED) is 0.276. The van der Waals surface area contributed by atoms with Crippen LogP contribution < -0.4 is 10.2 Å². The van der Waals surface area contributed by atoms with Gasteiger partial charge < -0.3 is 49.6 Å². The first-order valence-corrected chi connectivity index (χ1v) is 9.50. The molecule has 0 amide bonds. The van der Waals surface area contributed by atoms with Crippen LogP contribution in [0.2, 0.25) is 0 Å². The highest BCUT2D eigenvalue weighted by Gasteiger charge is 2.44. The summed E-state index contributed by atoms with van der Waals surface area (Å²) in [5, 5.41) is 69.2. The molecule has 0 saturated carbocycles. The van der Waals surface area contributed by atoms with E-state index >= 15 is 0 Å². The third-order valence-electron chi connectivity index (χ3n) is 5.20. The van der Waals surface area contributed by atoms with Gasteiger partial charge in [0, 0.05) is 17.7 Å². The maximum Gasteiger partial charge on any atom is 0.239 e. The lowest BCUT2D eigenvalue weighted by atomic mass is 10.00. The molecule has 11 heteroatoms. The number of hydrogen-bond acceptors (Lipinski definition) is 11. The molecule has 1 aliphatic rings. The topological polar surface area (TPSA) is 190 Å². The number of fused-ring (bicyclic) bond motifs is 1. The lowest BCUT2D eigenvalue weighted by Crippen LogP contribution is -2.58. The molecule has 1 saturated heterocycles. The Morgan fingerprint density at radius 1 is 0.875 bits per heavy atom. The summed E-state index contributed by atoms with van der Waals surface area (Å²) in [6.45, 7) is 1.42. The van der Waals surface area contributed by atoms with Crippen LogP contribution in [0, 0.1) is 0 Å². The van der Waals surface area contributed by atoms with E-state index in [0.717, 1.165) is 24.3 Å². The predicted molar refractivity (Wildman–Crippen MR) is 108 cm³/mol. The first kappa shape index (κ1) is 21.7. The zero-order chi connectivity index (χ0) is 23.3. The van der Waals surface area contributed by atoms with Crippen LogP contribution in [-0.4, -0.2) is 66.5 Å². The van der Waals surface area contributed by atoms with E-state index in [1.54, 1.807) is 0 Å². The minimum atomic E-state index is -1.74. The number of aliphatic hydroxyl groups excluding tert-OH is 3. The smallest absolute Gasteiger partial charge is 0.239 e. The lowest BCUT2D eigenvalue weighted by molar-refractivity contribution is -0.268. The van der Waals surface area contributed by atoms with Gasteiger partial charge in [0.1, 0.15) is 40.8 Å². The number of phenols is 4. The summed E-state index contributed by atoms with van der Waals surface area (Å²) >= 11 is 0. The van der Waals surface area contributed by atoms with E-state index in [-0.39, 0.29) is 28.0 Å². The van der Waals surface area contributed by atoms with Crippen molar-refractivity contribution in [3.05, 3.63) is 40.6 Å². The van der Waals surface area contributed by atoms with Gasteiger partial charge in [0.05, 0.1) is 6.10 Å². The monoisotopic (exact) mass is 448 g/mol. The molecule has 3 aromatic rings. The van der Waals surface area contributed by atoms with E-state index < -0.39 is 59.1 Å². The molecule has 1 aromatic heterocycles. The van der Waals surface area contributed by atoms with Gasteiger partial charge in [-0.1, -0.05) is 0 Å². The van der Waals surface area contributed by atoms with Crippen LogP contribution in [0.1, 0.15) is 6.92 Å². The summed E-state index contributed by atoms with van der Waals surface area (Å²) in [5.41, 5.74) is -1.05. The highest BCUT2D eigenvalue weighted by atomic mass is 16.7. The zero-order valence-corrected chi connectivity index (χ0v) is 16.5. The first-order valence-electron chi connectivity index (χ1n) is 9.50. The second-order valence-corrected chi connectivity index (χ2v) is 7.43. The van der Waals surface area contributed by atoms with Crippen LogP contribution >= 0.6 is 0 Å². The fourth-order valence-electron chi connectivity index (χ4n) is 3.46. The Morgan fingerprint density at radius 2 is 1.59 bits per heavy atom. The number of hydrogen-bond donors (Lipinski definition) is 7. The van der Waals surface area contributed by atoms with E-state index in [0.29, 0.717) is 0 Å². The van der Waals surface area contributed by atoms with Crippen LogP contribution in [-0.2, 0) is 4.74 Å². The van der Waals surface area contributed by atoms with Crippen LogP contribution in [0.5, 0.6) is 28.7 Å². The number of ether oxygens (including phenoxy) is 2. The van der Waals surface area contributed by atoms with Crippen molar-refractivity contribution in [1.82, 2.24) is 0 Å². The van der Waals surface area contributed by atoms with Crippen LogP contribution in [0.4, 0.5) is 0 Å². The molecule has 0 unspecified atom stereocenters. The van der Waals surface area contributed by atoms with Crippen molar-refractivity contribution in [1.29, 1.82) is 0 Å². The Kier molecular flexibility index (Phi) is 5.34. The summed E-state index contributed by atoms with van der Waals surface area (Å²) < 4.78 is 16.6. The molecule has 4 rings (SSSR count). The average molecular weight is 448 g/mol. The van der Waals surface area contributed by atoms with E-state index in [9.17, 15) is 40.5 Å². The molecule has 1 fully saturated rings. The zero-order valence-electron chi connectivity index (χ0n) is 16.5. The largest absolute Gasteiger partial charge is 0.508 e. The van der Waals surface area contributed by atoms with Crippen LogP contribution in [0.15, 0.2) is 39.5 Å². The van der Waals surface area contributed by atoms with E-state index in [1.807, 2.05) is 0 Å². The van der Waals surface area contributed by atoms with Crippen molar-refractivity contribution in [3.63, 3.8) is 0 Å². The van der Waals surface area contributed by atoms with Gasteiger partial charge in [-0.2, -0.15) is 0 Å². The first-order chi connectivity index (χ1) is 15.1. The minimum absolute atomic E-state index is 0.0658. The Bertz CT molecular complexity index is 1230. The number of benzene rings is 2. The Morgan fingerprint density at radius 3 is 2.28 bits per heavy atom. The normalized spacial score (nSPS) is 25.7. The van der Waals surface area contributed by atoms with E-state index in [4.69, 9.17) is 13.9 Å². The second kappa shape index (κ2) is 7.88. The number of rotatable bonds is 3. The van der Waals surface area contributed by atoms with Gasteiger partial charge in [-0.25, -0.2) is 0 Å². The van der Waals surface area contributed by atoms with Gasteiger partial charge in [0.15, 0.2) is 17.3 Å². The van der Waals surface area contributed by atoms with Crippen molar-refractivity contribution in [2.45, 2.75) is 37.6 Å². The van der Waals surface area contributed by atoms with Gasteiger partial charge >= 0.3 is 0 Å². The SMILES string of the molecule is C[C@@H]1O[C@@H](Oc2c(-c3ccc(O)c(O)c3)oc3cc(O)cc(O)c3c2=O)[C@H](O)[C@H](O)[C@@H]1O. The Labute approximate surface area is 179 Å². The Balaban J connectivity index is 1.92. The highest BCUT2D eigenvalue weighted by Crippen LogP contribution is 2.39. The average Bonchev–Trinajstić information content (AvgIpc) is 2.73. The Hall–Kier alpha value is -3.51. The lowest BCUT2D eigenvalue weighted by Gasteiger charge is -2.38. The molecular formula is C21H20O11. The molecular weight excluding hydrogens is 428 g/mol. The summed E-state index contributed by atoms with van der Waals surface area (Å²) in [4.78, 5) is 13.2. The molecule has 170 valence electrons. The van der Waals surface area contributed by atoms with E-state index in [2.05, 4.69) is 0 Å². The van der Waals surface area contributed by atoms with Crippen LogP contribution in [0.25, 0.3) is 22.3 Å². The van der Waals surface area contributed by atoms with Crippen molar-refractivity contribution in [2.75, 3.05) is 0 Å². The molecule has 5 atom stereocenters. The van der Waals surface area contributed by atoms with Crippen molar-refractivity contribution in [3.8, 4) is 40.1 Å². The molecule has 0 aliphatic carbocycles. The minimum Gasteiger partial charge on any atom is -0.508 e. The molecule has 2 heterocycles. The van der Waals surface area contributed by atoms with Crippen molar-refractivity contribution in [2.24, 2.45) is 0 Å². The standard InChI is InChI=1S/C21H20O11/c1-7-15(26)17(28)18(29)21(30-7)32-20-16(27)14-12(25)5-9(22)6-13(14)31-19(20)8-2-3-10(23)11(24)4-8/h2-7,15,17-18,21-26,28-29H,1H3/t7-,15+,17+,18+,21-/m0/s1. The maximum atomic E-state index is 13.2. The molecule has 0 radical (unpaired) electrons. The molecule has 0 bridgehead atoms. The summed E-state index contributed by atoms with van der Waals surface area (Å²) in [7, 11) is 0. The summed E-state index contributed by atoms with van der Waals surface area (Å²) in [6, 6.07) is 5.51. The molecule has 1 aliphatic heterocycles. The summed E-state index contributed by atoms with van der Waals surface area (Å²) in [6.07, 6.45) is -7.35. The third kappa shape index (κ3) is 3.56. The molecule has 32 heavy (non-hydrogen) atoms. The third-order valence-corrected chi connectivity index (χ3v) is 5.20. The number of aromatic hydroxyl groups is 4. The fourth-order valence-corrected chi connectivity index (χ4v) is 3.46. The van der Waals surface area contributed by atoms with Crippen molar-refractivity contribution < 1.29 is 49.6 Å². The predicted octanol–water partition coefficient (Wildman–Crippen LogP) is 0.489. The van der Waals surface area contributed by atoms with Crippen molar-refractivity contribution >= 4 is 11.0 Å². The van der Waals surface area contributed by atoms with Gasteiger partial charge in [0.2, 0.25) is 17.5 Å². The molecule has 11 nitrogen and oxygen atoms in total. The van der Waals surface area contributed by atoms with Gasteiger partial charge in [-0.05, 0) is 25.1 Å². The van der Waals surface area contributed by atoms with Crippen LogP contribution in [0.3, 0.4) is 0 Å². The van der Waals surface area contributed by atoms with E-state index in [1.165, 1.54) is 13.0 Å². The van der Waals surface area contributed by atoms with Gasteiger partial charge in [-0.15, -0.1) is 0 Å². The molecule has 2 aromatic carbocycles. The molecule has 7 N–H and O–H groups in total. The second-order valence-electron chi connectivity index (χ2n) is 7.43. The number of phenolic OH excluding ortho intramolecular Hbond substituents is 4. The molecule has 0 spiro atoms. The van der Waals surface area contributed by atoms with Gasteiger partial charge in [-0.3, -0.25) is 4.79 Å². The highest BCUT2D eigenvalue weighted by molar-refractivity contribution is 5.88. The fraction of sp³-hybridized carbons (Fsp3) is 0.286. The number of aliphatic hydroxyl groups is 3. The maximum absolute atomic E-state index is 13.2.